The minimum absolute atomic E-state index is 0.0548. The third-order valence-corrected chi connectivity index (χ3v) is 5.42. The average Bonchev–Trinajstić information content (AvgIpc) is 2.66. The Balaban J connectivity index is 2.43. The molecule has 2 rings (SSSR count). The molecule has 0 saturated carbocycles. The maximum atomic E-state index is 13.0. The van der Waals surface area contributed by atoms with E-state index in [1.54, 1.807) is 12.1 Å². The zero-order valence-electron chi connectivity index (χ0n) is 15.6. The van der Waals surface area contributed by atoms with E-state index in [-0.39, 0.29) is 22.4 Å². The van der Waals surface area contributed by atoms with E-state index in [1.807, 2.05) is 13.8 Å². The molecule has 10 heteroatoms. The predicted octanol–water partition coefficient (Wildman–Crippen LogP) is 2.75. The van der Waals surface area contributed by atoms with E-state index in [9.17, 15) is 23.3 Å². The zero-order valence-corrected chi connectivity index (χ0v) is 16.4. The minimum atomic E-state index is -4.17. The van der Waals surface area contributed by atoms with Crippen LogP contribution in [-0.2, 0) is 19.6 Å². The Kier molecular flexibility index (Phi) is 6.57. The number of esters is 1. The van der Waals surface area contributed by atoms with Crippen molar-refractivity contribution >= 4 is 27.4 Å². The van der Waals surface area contributed by atoms with Gasteiger partial charge < -0.3 is 9.47 Å². The standard InChI is InChI=1S/C18H20N2O7S/c1-13(2)27-16-8-4-14(5-9-16)19(12-18(21)26-3)28(24,25)17-10-6-15(7-11-17)20(22)23/h4-11,13H,12H2,1-3H3. The van der Waals surface area contributed by atoms with Gasteiger partial charge in [0.05, 0.1) is 28.7 Å². The number of hydrogen-bond acceptors (Lipinski definition) is 7. The third kappa shape index (κ3) is 4.97. The van der Waals surface area contributed by atoms with Crippen LogP contribution in [0.3, 0.4) is 0 Å². The first kappa shape index (κ1) is 21.2. The summed E-state index contributed by atoms with van der Waals surface area (Å²) in [5, 5.41) is 10.8. The highest BCUT2D eigenvalue weighted by atomic mass is 32.2. The highest BCUT2D eigenvalue weighted by molar-refractivity contribution is 7.92. The number of ether oxygens (including phenoxy) is 2. The topological polar surface area (TPSA) is 116 Å². The molecule has 0 spiro atoms. The Morgan fingerprint density at radius 3 is 2.14 bits per heavy atom. The first-order valence-corrected chi connectivity index (χ1v) is 9.70. The molecule has 0 unspecified atom stereocenters. The van der Waals surface area contributed by atoms with Crippen LogP contribution in [0.5, 0.6) is 5.75 Å². The molecule has 0 fully saturated rings. The van der Waals surface area contributed by atoms with Crippen molar-refractivity contribution in [2.45, 2.75) is 24.8 Å². The number of hydrogen-bond donors (Lipinski definition) is 0. The molecule has 150 valence electrons. The summed E-state index contributed by atoms with van der Waals surface area (Å²) >= 11 is 0. The van der Waals surface area contributed by atoms with Gasteiger partial charge in [0, 0.05) is 12.1 Å². The van der Waals surface area contributed by atoms with E-state index in [2.05, 4.69) is 4.74 Å². The molecule has 2 aromatic carbocycles. The molecular formula is C18H20N2O7S. The average molecular weight is 408 g/mol. The fourth-order valence-corrected chi connectivity index (χ4v) is 3.74. The maximum absolute atomic E-state index is 13.0. The van der Waals surface area contributed by atoms with Gasteiger partial charge in [0.1, 0.15) is 12.3 Å². The molecule has 0 radical (unpaired) electrons. The van der Waals surface area contributed by atoms with Crippen molar-refractivity contribution in [2.24, 2.45) is 0 Å². The highest BCUT2D eigenvalue weighted by Gasteiger charge is 2.28. The Morgan fingerprint density at radius 1 is 1.11 bits per heavy atom. The molecule has 0 aliphatic carbocycles. The number of rotatable bonds is 8. The fourth-order valence-electron chi connectivity index (χ4n) is 2.33. The van der Waals surface area contributed by atoms with Crippen molar-refractivity contribution in [3.8, 4) is 5.75 Å². The Hall–Kier alpha value is -3.14. The van der Waals surface area contributed by atoms with E-state index in [0.29, 0.717) is 5.75 Å². The Bertz CT molecular complexity index is 939. The van der Waals surface area contributed by atoms with Crippen molar-refractivity contribution in [3.63, 3.8) is 0 Å². The monoisotopic (exact) mass is 408 g/mol. The fraction of sp³-hybridized carbons (Fsp3) is 0.278. The first-order valence-electron chi connectivity index (χ1n) is 8.26. The van der Waals surface area contributed by atoms with Gasteiger partial charge in [-0.15, -0.1) is 0 Å². The normalized spacial score (nSPS) is 11.1. The van der Waals surface area contributed by atoms with Gasteiger partial charge in [-0.05, 0) is 50.2 Å². The van der Waals surface area contributed by atoms with Gasteiger partial charge in [-0.1, -0.05) is 0 Å². The SMILES string of the molecule is COC(=O)CN(c1ccc(OC(C)C)cc1)S(=O)(=O)c1ccc([N+](=O)[O-])cc1. The number of benzene rings is 2. The zero-order chi connectivity index (χ0) is 20.9. The lowest BCUT2D eigenvalue weighted by Crippen LogP contribution is -2.36. The second kappa shape index (κ2) is 8.70. The van der Waals surface area contributed by atoms with E-state index in [4.69, 9.17) is 4.74 Å². The molecule has 0 N–H and O–H groups in total. The van der Waals surface area contributed by atoms with Crippen LogP contribution in [0.2, 0.25) is 0 Å². The highest BCUT2D eigenvalue weighted by Crippen LogP contribution is 2.27. The number of nitro groups is 1. The molecule has 0 atom stereocenters. The summed E-state index contributed by atoms with van der Waals surface area (Å²) in [4.78, 5) is 21.8. The Labute approximate surface area is 162 Å². The largest absolute Gasteiger partial charge is 0.491 e. The van der Waals surface area contributed by atoms with Crippen LogP contribution in [0.4, 0.5) is 11.4 Å². The first-order chi connectivity index (χ1) is 13.1. The van der Waals surface area contributed by atoms with Crippen LogP contribution in [0.25, 0.3) is 0 Å². The minimum Gasteiger partial charge on any atom is -0.491 e. The number of nitro benzene ring substituents is 1. The quantitative estimate of drug-likeness (QED) is 0.374. The number of anilines is 1. The molecule has 9 nitrogen and oxygen atoms in total. The number of carbonyl (C=O) groups excluding carboxylic acids is 1. The van der Waals surface area contributed by atoms with Gasteiger partial charge in [-0.25, -0.2) is 8.42 Å². The molecule has 0 amide bonds. The van der Waals surface area contributed by atoms with E-state index in [1.165, 1.54) is 12.1 Å². The lowest BCUT2D eigenvalue weighted by molar-refractivity contribution is -0.384. The van der Waals surface area contributed by atoms with Crippen molar-refractivity contribution in [1.29, 1.82) is 0 Å². The predicted molar refractivity (Wildman–Crippen MR) is 102 cm³/mol. The number of non-ortho nitro benzene ring substituents is 1. The summed E-state index contributed by atoms with van der Waals surface area (Å²) in [5.74, 6) is -0.211. The summed E-state index contributed by atoms with van der Waals surface area (Å²) in [6, 6.07) is 10.6. The smallest absolute Gasteiger partial charge is 0.326 e. The van der Waals surface area contributed by atoms with Gasteiger partial charge in [-0.2, -0.15) is 0 Å². The molecule has 2 aromatic rings. The van der Waals surface area contributed by atoms with Crippen LogP contribution >= 0.6 is 0 Å². The summed E-state index contributed by atoms with van der Waals surface area (Å²) in [6.07, 6.45) is -0.0548. The lowest BCUT2D eigenvalue weighted by Gasteiger charge is -2.23. The summed E-state index contributed by atoms with van der Waals surface area (Å²) in [5.41, 5.74) is -0.0199. The van der Waals surface area contributed by atoms with Gasteiger partial charge in [-0.3, -0.25) is 19.2 Å². The van der Waals surface area contributed by atoms with E-state index >= 15 is 0 Å². The van der Waals surface area contributed by atoms with Crippen LogP contribution in [0.1, 0.15) is 13.8 Å². The summed E-state index contributed by atoms with van der Waals surface area (Å²) < 4.78 is 37.1. The van der Waals surface area contributed by atoms with Crippen molar-refractivity contribution in [3.05, 3.63) is 58.6 Å². The van der Waals surface area contributed by atoms with Crippen LogP contribution in [0, 0.1) is 10.1 Å². The summed E-state index contributed by atoms with van der Waals surface area (Å²) in [7, 11) is -3.02. The van der Waals surface area contributed by atoms with Gasteiger partial charge in [0.2, 0.25) is 0 Å². The molecular weight excluding hydrogens is 388 g/mol. The molecule has 0 saturated heterocycles. The number of carbonyl (C=O) groups is 1. The van der Waals surface area contributed by atoms with Crippen molar-refractivity contribution in [1.82, 2.24) is 0 Å². The van der Waals surface area contributed by atoms with E-state index in [0.717, 1.165) is 35.7 Å². The molecule has 28 heavy (non-hydrogen) atoms. The third-order valence-electron chi connectivity index (χ3n) is 3.63. The van der Waals surface area contributed by atoms with Crippen LogP contribution in [0.15, 0.2) is 53.4 Å². The van der Waals surface area contributed by atoms with Crippen molar-refractivity contribution in [2.75, 3.05) is 18.0 Å². The number of sulfonamides is 1. The molecule has 0 aromatic heterocycles. The maximum Gasteiger partial charge on any atom is 0.326 e. The second-order valence-electron chi connectivity index (χ2n) is 6.00. The summed E-state index contributed by atoms with van der Waals surface area (Å²) in [6.45, 7) is 3.16. The van der Waals surface area contributed by atoms with Crippen molar-refractivity contribution < 1.29 is 27.6 Å². The van der Waals surface area contributed by atoms with Gasteiger partial charge in [0.15, 0.2) is 0 Å². The van der Waals surface area contributed by atoms with Gasteiger partial charge >= 0.3 is 5.97 Å². The van der Waals surface area contributed by atoms with Crippen LogP contribution < -0.4 is 9.04 Å². The second-order valence-corrected chi connectivity index (χ2v) is 7.86. The number of nitrogens with zero attached hydrogens (tertiary/aromatic N) is 2. The van der Waals surface area contributed by atoms with Gasteiger partial charge in [0.25, 0.3) is 15.7 Å². The molecule has 0 bridgehead atoms. The molecule has 0 aliphatic rings. The van der Waals surface area contributed by atoms with E-state index < -0.39 is 27.5 Å². The number of methoxy groups -OCH3 is 1. The van der Waals surface area contributed by atoms with Crippen LogP contribution in [-0.4, -0.2) is 39.1 Å². The Morgan fingerprint density at radius 2 is 1.68 bits per heavy atom. The molecule has 0 aliphatic heterocycles. The molecule has 0 heterocycles. The lowest BCUT2D eigenvalue weighted by atomic mass is 10.3.